The van der Waals surface area contributed by atoms with Crippen LogP contribution in [0.1, 0.15) is 44.9 Å². The number of fused-ring (bicyclic) bond motifs is 2. The zero-order valence-electron chi connectivity index (χ0n) is 15.3. The van der Waals surface area contributed by atoms with E-state index in [-0.39, 0.29) is 12.0 Å². The minimum atomic E-state index is 0.153. The Bertz CT molecular complexity index is 623. The van der Waals surface area contributed by atoms with Crippen molar-refractivity contribution in [2.45, 2.75) is 57.2 Å². The monoisotopic (exact) mass is 376 g/mol. The number of aromatic nitrogens is 2. The second kappa shape index (κ2) is 7.08. The molecule has 7 heteroatoms. The van der Waals surface area contributed by atoms with E-state index in [0.29, 0.717) is 12.0 Å². The van der Waals surface area contributed by atoms with E-state index in [2.05, 4.69) is 20.0 Å². The van der Waals surface area contributed by atoms with Crippen molar-refractivity contribution in [3.05, 3.63) is 5.51 Å². The van der Waals surface area contributed by atoms with Crippen molar-refractivity contribution in [1.82, 2.24) is 15.1 Å². The van der Waals surface area contributed by atoms with Gasteiger partial charge in [-0.25, -0.2) is 0 Å². The summed E-state index contributed by atoms with van der Waals surface area (Å²) in [7, 11) is 0. The second-order valence-electron chi connectivity index (χ2n) is 8.42. The number of carbonyl (C=O) groups excluding carboxylic acids is 1. The molecular weight excluding hydrogens is 348 g/mol. The second-order valence-corrected chi connectivity index (χ2v) is 9.24. The Morgan fingerprint density at radius 1 is 1.04 bits per heavy atom. The van der Waals surface area contributed by atoms with Gasteiger partial charge in [-0.15, -0.1) is 10.2 Å². The first-order valence-electron chi connectivity index (χ1n) is 10.2. The van der Waals surface area contributed by atoms with Crippen LogP contribution in [0.15, 0.2) is 5.51 Å². The van der Waals surface area contributed by atoms with Gasteiger partial charge < -0.3 is 14.5 Å². The van der Waals surface area contributed by atoms with Crippen LogP contribution in [0.4, 0.5) is 5.13 Å². The molecule has 1 aromatic heterocycles. The van der Waals surface area contributed by atoms with Crippen molar-refractivity contribution in [2.75, 3.05) is 31.1 Å². The van der Waals surface area contributed by atoms with Crippen LogP contribution in [0.5, 0.6) is 0 Å². The third-order valence-corrected chi connectivity index (χ3v) is 7.85. The van der Waals surface area contributed by atoms with Crippen LogP contribution in [0.25, 0.3) is 0 Å². The van der Waals surface area contributed by atoms with E-state index in [9.17, 15) is 4.79 Å². The largest absolute Gasteiger partial charge is 0.374 e. The predicted molar refractivity (Wildman–Crippen MR) is 100 cm³/mol. The predicted octanol–water partition coefficient (Wildman–Crippen LogP) is 2.56. The molecule has 6 nitrogen and oxygen atoms in total. The molecule has 4 fully saturated rings. The summed E-state index contributed by atoms with van der Waals surface area (Å²) in [6.07, 6.45) is 8.65. The lowest BCUT2D eigenvalue weighted by Crippen LogP contribution is -2.46. The Hall–Kier alpha value is -1.21. The fraction of sp³-hybridized carbons (Fsp3) is 0.842. The first-order valence-corrected chi connectivity index (χ1v) is 11.1. The highest BCUT2D eigenvalue weighted by Crippen LogP contribution is 2.41. The molecular formula is C19H28N4O2S. The molecule has 4 aliphatic heterocycles. The van der Waals surface area contributed by atoms with Gasteiger partial charge in [0.15, 0.2) is 0 Å². The summed E-state index contributed by atoms with van der Waals surface area (Å²) in [5, 5.41) is 9.23. The van der Waals surface area contributed by atoms with Crippen LogP contribution in [-0.4, -0.2) is 59.4 Å². The van der Waals surface area contributed by atoms with Crippen LogP contribution in [0.3, 0.4) is 0 Å². The Morgan fingerprint density at radius 3 is 2.35 bits per heavy atom. The van der Waals surface area contributed by atoms with Crippen molar-refractivity contribution in [2.24, 2.45) is 17.8 Å². The van der Waals surface area contributed by atoms with E-state index in [1.54, 1.807) is 11.3 Å². The lowest BCUT2D eigenvalue weighted by Gasteiger charge is -2.40. The maximum atomic E-state index is 12.9. The molecule has 2 bridgehead atoms. The highest BCUT2D eigenvalue weighted by molar-refractivity contribution is 7.13. The lowest BCUT2D eigenvalue weighted by molar-refractivity contribution is -0.138. The molecule has 5 heterocycles. The van der Waals surface area contributed by atoms with Crippen LogP contribution in [0.2, 0.25) is 0 Å². The Morgan fingerprint density at radius 2 is 1.77 bits per heavy atom. The average molecular weight is 377 g/mol. The molecule has 0 spiro atoms. The average Bonchev–Trinajstić information content (AvgIpc) is 3.45. The van der Waals surface area contributed by atoms with Gasteiger partial charge >= 0.3 is 0 Å². The van der Waals surface area contributed by atoms with Crippen molar-refractivity contribution in [3.63, 3.8) is 0 Å². The van der Waals surface area contributed by atoms with Crippen molar-refractivity contribution >= 4 is 22.4 Å². The van der Waals surface area contributed by atoms with Gasteiger partial charge in [-0.05, 0) is 56.8 Å². The van der Waals surface area contributed by atoms with Gasteiger partial charge in [0, 0.05) is 26.2 Å². The standard InChI is InChI=1S/C19H28N4O2S/c24-18(16-11-15-1-2-17(16)25-15)22-7-3-13(4-8-22)14-5-9-23(10-6-14)19-21-20-12-26-19/h12-17H,1-11H2/t15-,16-,17+/m0/s1. The normalized spacial score (nSPS) is 33.2. The number of nitrogens with zero attached hydrogens (tertiary/aromatic N) is 4. The van der Waals surface area contributed by atoms with Gasteiger partial charge in [0.05, 0.1) is 18.1 Å². The quantitative estimate of drug-likeness (QED) is 0.811. The van der Waals surface area contributed by atoms with Crippen molar-refractivity contribution < 1.29 is 9.53 Å². The molecule has 3 atom stereocenters. The molecule has 5 rings (SSSR count). The van der Waals surface area contributed by atoms with Crippen LogP contribution < -0.4 is 4.90 Å². The van der Waals surface area contributed by atoms with Crippen molar-refractivity contribution in [3.8, 4) is 0 Å². The molecule has 0 aromatic carbocycles. The number of rotatable bonds is 3. The zero-order valence-corrected chi connectivity index (χ0v) is 16.1. The van der Waals surface area contributed by atoms with Gasteiger partial charge in [-0.1, -0.05) is 11.3 Å². The van der Waals surface area contributed by atoms with E-state index < -0.39 is 0 Å². The number of ether oxygens (including phenoxy) is 1. The Labute approximate surface area is 158 Å². The highest BCUT2D eigenvalue weighted by Gasteiger charge is 2.46. The van der Waals surface area contributed by atoms with Gasteiger partial charge in [0.25, 0.3) is 0 Å². The minimum Gasteiger partial charge on any atom is -0.374 e. The summed E-state index contributed by atoms with van der Waals surface area (Å²) >= 11 is 1.64. The van der Waals surface area contributed by atoms with Gasteiger partial charge in [-0.2, -0.15) is 0 Å². The molecule has 0 unspecified atom stereocenters. The van der Waals surface area contributed by atoms with Gasteiger partial charge in [0.1, 0.15) is 5.51 Å². The molecule has 1 aromatic rings. The summed E-state index contributed by atoms with van der Waals surface area (Å²) in [6, 6.07) is 0. The third kappa shape index (κ3) is 3.13. The number of hydrogen-bond donors (Lipinski definition) is 0. The molecule has 0 N–H and O–H groups in total. The Kier molecular flexibility index (Phi) is 4.61. The Balaban J connectivity index is 1.10. The summed E-state index contributed by atoms with van der Waals surface area (Å²) in [5.41, 5.74) is 1.81. The zero-order chi connectivity index (χ0) is 17.5. The minimum absolute atomic E-state index is 0.153. The first-order chi connectivity index (χ1) is 12.8. The molecule has 0 aliphatic carbocycles. The maximum absolute atomic E-state index is 12.9. The van der Waals surface area contributed by atoms with Gasteiger partial charge in [-0.3, -0.25) is 4.79 Å². The maximum Gasteiger partial charge on any atom is 0.228 e. The lowest BCUT2D eigenvalue weighted by atomic mass is 9.78. The first kappa shape index (κ1) is 16.9. The summed E-state index contributed by atoms with van der Waals surface area (Å²) in [5.74, 6) is 2.12. The number of likely N-dealkylation sites (tertiary alicyclic amines) is 1. The molecule has 0 saturated carbocycles. The molecule has 0 radical (unpaired) electrons. The highest BCUT2D eigenvalue weighted by atomic mass is 32.1. The summed E-state index contributed by atoms with van der Waals surface area (Å²) in [6.45, 7) is 4.10. The molecule has 1 amide bonds. The molecule has 142 valence electrons. The van der Waals surface area contributed by atoms with Crippen LogP contribution >= 0.6 is 11.3 Å². The number of hydrogen-bond acceptors (Lipinski definition) is 6. The number of piperidine rings is 2. The van der Waals surface area contributed by atoms with Crippen molar-refractivity contribution in [1.29, 1.82) is 0 Å². The van der Waals surface area contributed by atoms with Gasteiger partial charge in [0.2, 0.25) is 11.0 Å². The van der Waals surface area contributed by atoms with E-state index in [1.165, 1.54) is 25.7 Å². The fourth-order valence-electron chi connectivity index (χ4n) is 5.59. The number of anilines is 1. The summed E-state index contributed by atoms with van der Waals surface area (Å²) < 4.78 is 5.89. The van der Waals surface area contributed by atoms with Crippen LogP contribution in [0, 0.1) is 17.8 Å². The fourth-order valence-corrected chi connectivity index (χ4v) is 6.21. The van der Waals surface area contributed by atoms with E-state index in [1.807, 2.05) is 5.51 Å². The SMILES string of the molecule is O=C([C@H]1C[C@@H]2CC[C@H]1O2)N1CCC(C2CCN(c3nncs3)CC2)CC1. The molecule has 4 aliphatic rings. The number of amides is 1. The van der Waals surface area contributed by atoms with E-state index in [0.717, 1.165) is 62.4 Å². The third-order valence-electron chi connectivity index (χ3n) is 7.10. The van der Waals surface area contributed by atoms with Crippen LogP contribution in [-0.2, 0) is 9.53 Å². The molecule has 4 saturated heterocycles. The topological polar surface area (TPSA) is 58.6 Å². The number of carbonyl (C=O) groups is 1. The molecule has 26 heavy (non-hydrogen) atoms. The smallest absolute Gasteiger partial charge is 0.228 e. The van der Waals surface area contributed by atoms with E-state index in [4.69, 9.17) is 4.74 Å². The summed E-state index contributed by atoms with van der Waals surface area (Å²) in [4.78, 5) is 17.4. The van der Waals surface area contributed by atoms with E-state index >= 15 is 0 Å².